The normalized spacial score (nSPS) is 16.0. The Bertz CT molecular complexity index is 902. The van der Waals surface area contributed by atoms with Gasteiger partial charge < -0.3 is 19.3 Å². The first-order valence-corrected chi connectivity index (χ1v) is 17.9. The summed E-state index contributed by atoms with van der Waals surface area (Å²) < 4.78 is 17.8. The Hall–Kier alpha value is -2.04. The summed E-state index contributed by atoms with van der Waals surface area (Å²) in [6.45, 7) is 4.37. The molecule has 0 radical (unpaired) electrons. The summed E-state index contributed by atoms with van der Waals surface area (Å²) in [5, 5.41) is 11.9. The Morgan fingerprint density at radius 1 is 0.535 bits per heavy atom. The second-order valence-corrected chi connectivity index (χ2v) is 12.8. The van der Waals surface area contributed by atoms with Crippen LogP contribution in [-0.4, -0.2) is 37.1 Å². The van der Waals surface area contributed by atoms with Crippen LogP contribution in [0.1, 0.15) is 140 Å². The highest BCUT2D eigenvalue weighted by molar-refractivity contribution is 5.34. The number of benzene rings is 2. The summed E-state index contributed by atoms with van der Waals surface area (Å²) in [4.78, 5) is 0. The molecule has 0 amide bonds. The molecule has 2 aromatic rings. The van der Waals surface area contributed by atoms with Gasteiger partial charge in [0.15, 0.2) is 0 Å². The fourth-order valence-corrected chi connectivity index (χ4v) is 6.34. The van der Waals surface area contributed by atoms with E-state index in [0.29, 0.717) is 26.4 Å². The fraction of sp³-hybridized carbons (Fsp3) is 0.692. The third-order valence-corrected chi connectivity index (χ3v) is 9.13. The lowest BCUT2D eigenvalue weighted by atomic mass is 9.84. The van der Waals surface area contributed by atoms with Crippen LogP contribution in [0.3, 0.4) is 0 Å². The van der Waals surface area contributed by atoms with Gasteiger partial charge in [-0.25, -0.2) is 0 Å². The maximum Gasteiger partial charge on any atom is 0.122 e. The molecule has 1 aliphatic rings. The molecule has 0 bridgehead atoms. The lowest BCUT2D eigenvalue weighted by Crippen LogP contribution is -2.30. The van der Waals surface area contributed by atoms with E-state index in [9.17, 15) is 5.11 Å². The minimum atomic E-state index is -0.698. The summed E-state index contributed by atoms with van der Waals surface area (Å²) in [7, 11) is 0. The quantitative estimate of drug-likeness (QED) is 0.185. The Morgan fingerprint density at radius 3 is 1.37 bits per heavy atom. The van der Waals surface area contributed by atoms with Gasteiger partial charge in [0.1, 0.15) is 24.7 Å². The zero-order chi connectivity index (χ0) is 30.3. The van der Waals surface area contributed by atoms with Crippen molar-refractivity contribution in [3.63, 3.8) is 0 Å². The van der Waals surface area contributed by atoms with E-state index < -0.39 is 5.60 Å². The smallest absolute Gasteiger partial charge is 0.122 e. The highest BCUT2D eigenvalue weighted by atomic mass is 16.5. The number of ether oxygens (including phenoxy) is 3. The largest absolute Gasteiger partial charge is 0.491 e. The monoisotopic (exact) mass is 594 g/mol. The van der Waals surface area contributed by atoms with Gasteiger partial charge >= 0.3 is 0 Å². The van der Waals surface area contributed by atoms with Crippen LogP contribution >= 0.6 is 0 Å². The standard InChI is InChI=1S/C39H62O4/c1-2-3-4-5-6-7-8-9-10-11-12-13-14-15-16-21-28-39(40)29-26-35-22-17-19-24-37(35)42-33-31-41-32-34-43-38-25-20-18-23-36(38)27-30-39/h17-20,22-25,40H,2-16,21,26-34H2,1H3. The van der Waals surface area contributed by atoms with E-state index in [1.165, 1.54) is 107 Å². The first kappa shape index (κ1) is 35.4. The SMILES string of the molecule is CCCCCCCCCCCCCCCCCCC1(O)CCc2ccccc2OCCOCCOc2ccccc2CC1. The van der Waals surface area contributed by atoms with Gasteiger partial charge in [0.05, 0.1) is 18.8 Å². The van der Waals surface area contributed by atoms with Gasteiger partial charge in [-0.1, -0.05) is 146 Å². The first-order valence-electron chi connectivity index (χ1n) is 17.9. The highest BCUT2D eigenvalue weighted by Crippen LogP contribution is 2.31. The molecule has 0 saturated heterocycles. The maximum atomic E-state index is 11.9. The van der Waals surface area contributed by atoms with Crippen LogP contribution in [0, 0.1) is 0 Å². The van der Waals surface area contributed by atoms with Crippen LogP contribution in [0.25, 0.3) is 0 Å². The van der Waals surface area contributed by atoms with Crippen LogP contribution in [0.15, 0.2) is 48.5 Å². The number of hydrogen-bond acceptors (Lipinski definition) is 4. The fourth-order valence-electron chi connectivity index (χ4n) is 6.34. The summed E-state index contributed by atoms with van der Waals surface area (Å²) >= 11 is 0. The zero-order valence-corrected chi connectivity index (χ0v) is 27.5. The van der Waals surface area contributed by atoms with Crippen molar-refractivity contribution in [2.75, 3.05) is 26.4 Å². The molecule has 1 aliphatic heterocycles. The molecular weight excluding hydrogens is 532 g/mol. The topological polar surface area (TPSA) is 47.9 Å². The predicted molar refractivity (Wildman–Crippen MR) is 180 cm³/mol. The van der Waals surface area contributed by atoms with Crippen molar-refractivity contribution < 1.29 is 19.3 Å². The van der Waals surface area contributed by atoms with Crippen LogP contribution in [-0.2, 0) is 17.6 Å². The predicted octanol–water partition coefficient (Wildman–Crippen LogP) is 10.4. The molecule has 242 valence electrons. The minimum absolute atomic E-state index is 0.511. The summed E-state index contributed by atoms with van der Waals surface area (Å²) in [5.74, 6) is 1.81. The number of aliphatic hydroxyl groups is 1. The molecule has 0 unspecified atom stereocenters. The third-order valence-electron chi connectivity index (χ3n) is 9.13. The molecule has 0 saturated carbocycles. The van der Waals surface area contributed by atoms with Crippen molar-refractivity contribution in [3.05, 3.63) is 59.7 Å². The van der Waals surface area contributed by atoms with Gasteiger partial charge in [0.25, 0.3) is 0 Å². The molecule has 1 heterocycles. The van der Waals surface area contributed by atoms with Gasteiger partial charge in [-0.05, 0) is 55.4 Å². The molecule has 43 heavy (non-hydrogen) atoms. The molecule has 4 heteroatoms. The van der Waals surface area contributed by atoms with Gasteiger partial charge in [-0.2, -0.15) is 0 Å². The Morgan fingerprint density at radius 2 is 0.930 bits per heavy atom. The van der Waals surface area contributed by atoms with Gasteiger partial charge in [-0.3, -0.25) is 0 Å². The van der Waals surface area contributed by atoms with E-state index in [2.05, 4.69) is 31.2 Å². The van der Waals surface area contributed by atoms with Crippen molar-refractivity contribution in [2.45, 2.75) is 147 Å². The molecule has 2 aromatic carbocycles. The third kappa shape index (κ3) is 15.5. The Balaban J connectivity index is 1.40. The number of unbranched alkanes of at least 4 members (excludes halogenated alkanes) is 15. The summed E-state index contributed by atoms with van der Waals surface area (Å²) in [6, 6.07) is 16.5. The van der Waals surface area contributed by atoms with Crippen molar-refractivity contribution in [1.82, 2.24) is 0 Å². The van der Waals surface area contributed by atoms with Crippen molar-refractivity contribution in [3.8, 4) is 11.5 Å². The van der Waals surface area contributed by atoms with Crippen LogP contribution < -0.4 is 9.47 Å². The van der Waals surface area contributed by atoms with Crippen molar-refractivity contribution >= 4 is 0 Å². The Kier molecular flexibility index (Phi) is 18.5. The highest BCUT2D eigenvalue weighted by Gasteiger charge is 2.27. The zero-order valence-electron chi connectivity index (χ0n) is 27.5. The number of aryl methyl sites for hydroxylation is 2. The molecule has 0 atom stereocenters. The van der Waals surface area contributed by atoms with Crippen molar-refractivity contribution in [1.29, 1.82) is 0 Å². The van der Waals surface area contributed by atoms with E-state index in [1.54, 1.807) is 0 Å². The van der Waals surface area contributed by atoms with E-state index >= 15 is 0 Å². The average molecular weight is 595 g/mol. The van der Waals surface area contributed by atoms with E-state index in [-0.39, 0.29) is 0 Å². The van der Waals surface area contributed by atoms with E-state index in [1.807, 2.05) is 24.3 Å². The van der Waals surface area contributed by atoms with Gasteiger partial charge in [0.2, 0.25) is 0 Å². The Labute approximate surface area is 263 Å². The molecule has 0 spiro atoms. The van der Waals surface area contributed by atoms with Crippen LogP contribution in [0.2, 0.25) is 0 Å². The lowest BCUT2D eigenvalue weighted by molar-refractivity contribution is 0.0118. The average Bonchev–Trinajstić information content (AvgIpc) is 3.03. The minimum Gasteiger partial charge on any atom is -0.491 e. The molecular formula is C39H62O4. The number of rotatable bonds is 17. The molecule has 0 fully saturated rings. The molecule has 1 N–H and O–H groups in total. The van der Waals surface area contributed by atoms with Crippen LogP contribution in [0.5, 0.6) is 11.5 Å². The molecule has 3 rings (SSSR count). The van der Waals surface area contributed by atoms with Crippen LogP contribution in [0.4, 0.5) is 0 Å². The van der Waals surface area contributed by atoms with E-state index in [0.717, 1.165) is 50.0 Å². The van der Waals surface area contributed by atoms with Gasteiger partial charge in [0, 0.05) is 0 Å². The molecule has 4 nitrogen and oxygen atoms in total. The first-order chi connectivity index (χ1) is 21.2. The number of fused-ring (bicyclic) bond motifs is 2. The molecule has 0 aromatic heterocycles. The number of para-hydroxylation sites is 2. The second kappa shape index (κ2) is 22.5. The number of hydrogen-bond donors (Lipinski definition) is 1. The second-order valence-electron chi connectivity index (χ2n) is 12.8. The summed E-state index contributed by atoms with van der Waals surface area (Å²) in [6.07, 6.45) is 25.8. The lowest BCUT2D eigenvalue weighted by Gasteiger charge is -2.29. The van der Waals surface area contributed by atoms with E-state index in [4.69, 9.17) is 14.2 Å². The maximum absolute atomic E-state index is 11.9. The van der Waals surface area contributed by atoms with Gasteiger partial charge in [-0.15, -0.1) is 0 Å². The van der Waals surface area contributed by atoms with Crippen molar-refractivity contribution in [2.24, 2.45) is 0 Å². The summed E-state index contributed by atoms with van der Waals surface area (Å²) in [5.41, 5.74) is 1.64. The molecule has 0 aliphatic carbocycles.